The number of aliphatic carboxylic acids is 1. The molecule has 0 aliphatic heterocycles. The number of hydrogen-bond acceptors (Lipinski definition) is 4. The fraction of sp³-hybridized carbons (Fsp3) is 0.556. The molecule has 4 saturated carbocycles. The first-order chi connectivity index (χ1) is 11.7. The summed E-state index contributed by atoms with van der Waals surface area (Å²) in [6.45, 7) is 0. The molecule has 4 bridgehead atoms. The Bertz CT molecular complexity index is 739. The zero-order valence-electron chi connectivity index (χ0n) is 13.3. The lowest BCUT2D eigenvalue weighted by Crippen LogP contribution is -2.61. The van der Waals surface area contributed by atoms with Gasteiger partial charge in [0.05, 0.1) is 12.6 Å². The lowest BCUT2D eigenvalue weighted by molar-refractivity contribution is -0.328. The van der Waals surface area contributed by atoms with Gasteiger partial charge in [-0.1, -0.05) is 0 Å². The van der Waals surface area contributed by atoms with Gasteiger partial charge in [-0.25, -0.2) is 0 Å². The highest BCUT2D eigenvalue weighted by molar-refractivity contribution is 14.1. The summed E-state index contributed by atoms with van der Waals surface area (Å²) < 4.78 is 8.77. The largest absolute Gasteiger partial charge is 0.550 e. The zero-order chi connectivity index (χ0) is 18.0. The molecule has 0 saturated heterocycles. The van der Waals surface area contributed by atoms with Crippen molar-refractivity contribution in [2.45, 2.75) is 38.5 Å². The van der Waals surface area contributed by atoms with Crippen molar-refractivity contribution in [2.75, 3.05) is 0 Å². The molecule has 0 aromatic heterocycles. The molecular weight excluding hydrogens is 661 g/mol. The monoisotopic (exact) mass is 677 g/mol. The van der Waals surface area contributed by atoms with E-state index in [-0.39, 0.29) is 5.97 Å². The lowest BCUT2D eigenvalue weighted by Gasteiger charge is -2.61. The molecule has 134 valence electrons. The van der Waals surface area contributed by atoms with Crippen LogP contribution in [0.25, 0.3) is 0 Å². The Labute approximate surface area is 187 Å². The molecule has 1 aromatic carbocycles. The van der Waals surface area contributed by atoms with Crippen LogP contribution in [0.2, 0.25) is 0 Å². The number of carbonyl (C=O) groups excluding carboxylic acids is 2. The smallest absolute Gasteiger partial charge is 0.317 e. The summed E-state index contributed by atoms with van der Waals surface area (Å²) in [5.41, 5.74) is -1.48. The number of carbonyl (C=O) groups is 2. The van der Waals surface area contributed by atoms with E-state index in [1.165, 1.54) is 0 Å². The summed E-state index contributed by atoms with van der Waals surface area (Å²) >= 11 is 6.61. The molecular formula is C18H16I3O4-. The van der Waals surface area contributed by atoms with Gasteiger partial charge < -0.3 is 14.6 Å². The molecule has 2 unspecified atom stereocenters. The molecule has 4 fully saturated rings. The number of carboxylic acid groups (broad SMARTS) is 1. The van der Waals surface area contributed by atoms with Gasteiger partial charge in [0, 0.05) is 15.0 Å². The van der Waals surface area contributed by atoms with Gasteiger partial charge in [0.25, 0.3) is 0 Å². The number of carboxylic acids is 1. The van der Waals surface area contributed by atoms with Crippen molar-refractivity contribution in [1.29, 1.82) is 0 Å². The highest BCUT2D eigenvalue weighted by Gasteiger charge is 2.61. The molecule has 25 heavy (non-hydrogen) atoms. The van der Waals surface area contributed by atoms with Crippen molar-refractivity contribution in [1.82, 2.24) is 0 Å². The second-order valence-electron chi connectivity index (χ2n) is 7.90. The van der Waals surface area contributed by atoms with Gasteiger partial charge in [0.15, 0.2) is 5.75 Å². The average molecular weight is 677 g/mol. The highest BCUT2D eigenvalue weighted by atomic mass is 127. The number of halogens is 3. The van der Waals surface area contributed by atoms with Crippen molar-refractivity contribution >= 4 is 79.7 Å². The second kappa shape index (κ2) is 6.46. The molecule has 4 nitrogen and oxygen atoms in total. The van der Waals surface area contributed by atoms with Gasteiger partial charge in [-0.15, -0.1) is 0 Å². The first-order valence-corrected chi connectivity index (χ1v) is 11.5. The third-order valence-corrected chi connectivity index (χ3v) is 8.31. The van der Waals surface area contributed by atoms with Crippen molar-refractivity contribution in [3.63, 3.8) is 0 Å². The molecule has 4 aliphatic rings. The van der Waals surface area contributed by atoms with Crippen LogP contribution in [0, 0.1) is 33.4 Å². The number of benzene rings is 1. The van der Waals surface area contributed by atoms with E-state index in [2.05, 4.69) is 67.8 Å². The van der Waals surface area contributed by atoms with Crippen LogP contribution < -0.4 is 9.84 Å². The predicted octanol–water partition coefficient (Wildman–Crippen LogP) is 3.74. The Morgan fingerprint density at radius 1 is 1.00 bits per heavy atom. The van der Waals surface area contributed by atoms with Crippen LogP contribution in [0.5, 0.6) is 5.75 Å². The zero-order valence-corrected chi connectivity index (χ0v) is 19.8. The van der Waals surface area contributed by atoms with Crippen molar-refractivity contribution in [3.05, 3.63) is 22.8 Å². The SMILES string of the molecule is O=C([O-])C12CC3CC(C1)CC(C(=O)Oc1c(I)cc(I)cc1I)(C3)C2. The van der Waals surface area contributed by atoms with Gasteiger partial charge in [0.1, 0.15) is 0 Å². The van der Waals surface area contributed by atoms with Crippen LogP contribution in [-0.4, -0.2) is 11.9 Å². The molecule has 0 radical (unpaired) electrons. The summed E-state index contributed by atoms with van der Waals surface area (Å²) in [6, 6.07) is 3.96. The summed E-state index contributed by atoms with van der Waals surface area (Å²) in [4.78, 5) is 25.0. The number of hydrogen-bond donors (Lipinski definition) is 0. The fourth-order valence-corrected chi connectivity index (χ4v) is 9.37. The highest BCUT2D eigenvalue weighted by Crippen LogP contribution is 2.65. The topological polar surface area (TPSA) is 66.4 Å². The van der Waals surface area contributed by atoms with E-state index in [0.717, 1.165) is 30.0 Å². The minimum atomic E-state index is -0.975. The quantitative estimate of drug-likeness (QED) is 0.278. The normalized spacial score (nSPS) is 35.6. The summed E-state index contributed by atoms with van der Waals surface area (Å²) in [7, 11) is 0. The third kappa shape index (κ3) is 3.13. The van der Waals surface area contributed by atoms with Crippen molar-refractivity contribution in [3.8, 4) is 5.75 Å². The van der Waals surface area contributed by atoms with Crippen LogP contribution in [0.3, 0.4) is 0 Å². The Morgan fingerprint density at radius 3 is 2.04 bits per heavy atom. The third-order valence-electron chi connectivity index (χ3n) is 6.08. The first kappa shape index (κ1) is 18.7. The standard InChI is InChI=1S/C18H17I3O4/c19-11-2-12(20)14(13(21)3-11)25-16(24)18-6-9-1-10(7-18)5-17(4-9,8-18)15(22)23/h2-3,9-10H,1,4-8H2,(H,22,23)/p-1. The van der Waals surface area contributed by atoms with Gasteiger partial charge in [-0.2, -0.15) is 0 Å². The van der Waals surface area contributed by atoms with E-state index >= 15 is 0 Å². The predicted molar refractivity (Wildman–Crippen MR) is 115 cm³/mol. The first-order valence-electron chi connectivity index (χ1n) is 8.31. The molecule has 5 rings (SSSR count). The molecule has 1 aromatic rings. The van der Waals surface area contributed by atoms with Crippen LogP contribution in [0.4, 0.5) is 0 Å². The van der Waals surface area contributed by atoms with Crippen LogP contribution in [-0.2, 0) is 9.59 Å². The molecule has 0 spiro atoms. The van der Waals surface area contributed by atoms with Gasteiger partial charge >= 0.3 is 5.97 Å². The molecule has 7 heteroatoms. The lowest BCUT2D eigenvalue weighted by atomic mass is 9.44. The molecule has 2 atom stereocenters. The summed E-state index contributed by atoms with van der Waals surface area (Å²) in [6.07, 6.45) is 4.27. The molecule has 0 amide bonds. The van der Waals surface area contributed by atoms with Crippen molar-refractivity contribution in [2.24, 2.45) is 22.7 Å². The number of esters is 1. The fourth-order valence-electron chi connectivity index (χ4n) is 5.57. The van der Waals surface area contributed by atoms with Crippen LogP contribution in [0.15, 0.2) is 12.1 Å². The van der Waals surface area contributed by atoms with Crippen LogP contribution in [0.1, 0.15) is 38.5 Å². The number of ether oxygens (including phenoxy) is 1. The van der Waals surface area contributed by atoms with Gasteiger partial charge in [0.2, 0.25) is 0 Å². The van der Waals surface area contributed by atoms with E-state index in [1.54, 1.807) is 0 Å². The van der Waals surface area contributed by atoms with E-state index in [9.17, 15) is 14.7 Å². The van der Waals surface area contributed by atoms with Crippen molar-refractivity contribution < 1.29 is 19.4 Å². The van der Waals surface area contributed by atoms with E-state index in [4.69, 9.17) is 4.74 Å². The summed E-state index contributed by atoms with van der Waals surface area (Å²) in [5.74, 6) is -0.00513. The number of rotatable bonds is 3. The van der Waals surface area contributed by atoms with Crippen LogP contribution >= 0.6 is 67.8 Å². The average Bonchev–Trinajstić information content (AvgIpc) is 2.49. The Hall–Kier alpha value is 0.350. The second-order valence-corrected chi connectivity index (χ2v) is 11.5. The Balaban J connectivity index is 1.65. The Kier molecular flexibility index (Phi) is 4.83. The van der Waals surface area contributed by atoms with Gasteiger partial charge in [-0.3, -0.25) is 4.79 Å². The van der Waals surface area contributed by atoms with Gasteiger partial charge in [-0.05, 0) is 130 Å². The maximum Gasteiger partial charge on any atom is 0.317 e. The minimum absolute atomic E-state index is 0.246. The van der Waals surface area contributed by atoms with E-state index < -0.39 is 16.8 Å². The Morgan fingerprint density at radius 2 is 1.52 bits per heavy atom. The maximum absolute atomic E-state index is 13.2. The summed E-state index contributed by atoms with van der Waals surface area (Å²) in [5, 5.41) is 11.9. The molecule has 0 heterocycles. The van der Waals surface area contributed by atoms with E-state index in [0.29, 0.717) is 36.8 Å². The minimum Gasteiger partial charge on any atom is -0.550 e. The van der Waals surface area contributed by atoms with E-state index in [1.807, 2.05) is 12.1 Å². The maximum atomic E-state index is 13.2. The molecule has 0 N–H and O–H groups in total. The molecule has 4 aliphatic carbocycles.